The van der Waals surface area contributed by atoms with E-state index >= 15 is 0 Å². The van der Waals surface area contributed by atoms with Gasteiger partial charge in [-0.15, -0.1) is 0 Å². The fourth-order valence-corrected chi connectivity index (χ4v) is 1.39. The molecule has 0 radical (unpaired) electrons. The van der Waals surface area contributed by atoms with Gasteiger partial charge in [-0.3, -0.25) is 0 Å². The fourth-order valence-electron chi connectivity index (χ4n) is 0.811. The first-order chi connectivity index (χ1) is 5.75. The number of rotatable bonds is 3. The Morgan fingerprint density at radius 2 is 1.75 bits per heavy atom. The van der Waals surface area contributed by atoms with Crippen molar-refractivity contribution in [3.8, 4) is 0 Å². The van der Waals surface area contributed by atoms with Crippen LogP contribution in [0.1, 0.15) is 5.56 Å². The molecule has 0 N–H and O–H groups in total. The monoisotopic (exact) mass is 224 g/mol. The van der Waals surface area contributed by atoms with E-state index in [1.165, 1.54) is 0 Å². The number of halogens is 3. The zero-order valence-corrected chi connectivity index (χ0v) is 8.46. The molecule has 0 aliphatic carbocycles. The molecule has 0 bridgehead atoms. The second-order valence-electron chi connectivity index (χ2n) is 2.16. The second kappa shape index (κ2) is 4.93. The van der Waals surface area contributed by atoms with E-state index in [9.17, 15) is 0 Å². The van der Waals surface area contributed by atoms with E-state index in [2.05, 4.69) is 0 Å². The van der Waals surface area contributed by atoms with Gasteiger partial charge in [-0.25, -0.2) is 0 Å². The molecule has 0 saturated heterocycles. The van der Waals surface area contributed by atoms with Crippen LogP contribution in [0.15, 0.2) is 18.2 Å². The zero-order chi connectivity index (χ0) is 8.97. The molecule has 0 aliphatic rings. The minimum absolute atomic E-state index is 0.140. The van der Waals surface area contributed by atoms with Crippen LogP contribution in [0.5, 0.6) is 0 Å². The Morgan fingerprint density at radius 1 is 1.17 bits per heavy atom. The fraction of sp³-hybridized carbons (Fsp3) is 0.250. The van der Waals surface area contributed by atoms with Gasteiger partial charge in [-0.05, 0) is 12.1 Å². The molecular weight excluding hydrogens is 218 g/mol. The van der Waals surface area contributed by atoms with Gasteiger partial charge in [0.25, 0.3) is 0 Å². The van der Waals surface area contributed by atoms with Crippen LogP contribution in [0, 0.1) is 0 Å². The summed E-state index contributed by atoms with van der Waals surface area (Å²) >= 11 is 17.1. The molecule has 1 aromatic rings. The Labute approximate surface area is 86.2 Å². The molecule has 1 aromatic carbocycles. The first kappa shape index (κ1) is 10.1. The normalized spacial score (nSPS) is 10.2. The smallest absolute Gasteiger partial charge is 0.121 e. The average Bonchev–Trinajstić information content (AvgIpc) is 2.04. The molecule has 0 heterocycles. The van der Waals surface area contributed by atoms with Crippen LogP contribution in [-0.2, 0) is 11.3 Å². The molecular formula is C8H7Cl3O. The third kappa shape index (κ3) is 2.53. The Balaban J connectivity index is 2.81. The van der Waals surface area contributed by atoms with Crippen molar-refractivity contribution in [2.24, 2.45) is 0 Å². The Kier molecular flexibility index (Phi) is 4.16. The maximum absolute atomic E-state index is 5.86. The van der Waals surface area contributed by atoms with E-state index in [-0.39, 0.29) is 6.07 Å². The Bertz CT molecular complexity index is 242. The Hall–Kier alpha value is 0.0500. The first-order valence-electron chi connectivity index (χ1n) is 3.32. The van der Waals surface area contributed by atoms with Crippen LogP contribution in [0.3, 0.4) is 0 Å². The third-order valence-electron chi connectivity index (χ3n) is 1.39. The van der Waals surface area contributed by atoms with Crippen molar-refractivity contribution in [2.75, 3.05) is 6.07 Å². The second-order valence-corrected chi connectivity index (χ2v) is 3.19. The van der Waals surface area contributed by atoms with E-state index in [0.29, 0.717) is 16.7 Å². The standard InChI is InChI=1S/C8H7Cl3O/c9-5-12-4-6-7(10)2-1-3-8(6)11/h1-3H,4-5H2. The van der Waals surface area contributed by atoms with E-state index in [1.54, 1.807) is 18.2 Å². The summed E-state index contributed by atoms with van der Waals surface area (Å²) in [4.78, 5) is 0. The molecule has 0 amide bonds. The quantitative estimate of drug-likeness (QED) is 0.713. The molecule has 12 heavy (non-hydrogen) atoms. The molecule has 0 aliphatic heterocycles. The highest BCUT2D eigenvalue weighted by Crippen LogP contribution is 2.24. The van der Waals surface area contributed by atoms with Gasteiger partial charge in [0.1, 0.15) is 6.07 Å². The molecule has 0 saturated carbocycles. The van der Waals surface area contributed by atoms with Crippen molar-refractivity contribution in [3.05, 3.63) is 33.8 Å². The van der Waals surface area contributed by atoms with Crippen molar-refractivity contribution in [1.29, 1.82) is 0 Å². The van der Waals surface area contributed by atoms with Crippen molar-refractivity contribution in [1.82, 2.24) is 0 Å². The van der Waals surface area contributed by atoms with Crippen LogP contribution < -0.4 is 0 Å². The molecule has 0 spiro atoms. The summed E-state index contributed by atoms with van der Waals surface area (Å²) < 4.78 is 4.98. The summed E-state index contributed by atoms with van der Waals surface area (Å²) in [5.74, 6) is 0. The maximum Gasteiger partial charge on any atom is 0.121 e. The van der Waals surface area contributed by atoms with Crippen molar-refractivity contribution < 1.29 is 4.74 Å². The molecule has 1 rings (SSSR count). The highest BCUT2D eigenvalue weighted by Gasteiger charge is 2.04. The predicted octanol–water partition coefficient (Wildman–Crippen LogP) is 3.71. The highest BCUT2D eigenvalue weighted by molar-refractivity contribution is 6.35. The van der Waals surface area contributed by atoms with Crippen LogP contribution in [0.2, 0.25) is 10.0 Å². The maximum atomic E-state index is 5.86. The number of alkyl halides is 1. The van der Waals surface area contributed by atoms with Gasteiger partial charge < -0.3 is 4.74 Å². The minimum atomic E-state index is 0.140. The summed E-state index contributed by atoms with van der Waals surface area (Å²) in [6.07, 6.45) is 0. The molecule has 4 heteroatoms. The van der Waals surface area contributed by atoms with Gasteiger partial charge in [-0.1, -0.05) is 40.9 Å². The van der Waals surface area contributed by atoms with E-state index < -0.39 is 0 Å². The molecule has 66 valence electrons. The van der Waals surface area contributed by atoms with Crippen LogP contribution >= 0.6 is 34.8 Å². The molecule has 0 fully saturated rings. The molecule has 1 nitrogen and oxygen atoms in total. The number of benzene rings is 1. The van der Waals surface area contributed by atoms with Gasteiger partial charge in [-0.2, -0.15) is 0 Å². The zero-order valence-electron chi connectivity index (χ0n) is 6.19. The molecule has 0 aromatic heterocycles. The summed E-state index contributed by atoms with van der Waals surface area (Å²) in [5, 5.41) is 1.21. The van der Waals surface area contributed by atoms with Crippen molar-refractivity contribution in [2.45, 2.75) is 6.61 Å². The predicted molar refractivity (Wildman–Crippen MR) is 52.0 cm³/mol. The van der Waals surface area contributed by atoms with E-state index in [4.69, 9.17) is 39.5 Å². The Morgan fingerprint density at radius 3 is 2.25 bits per heavy atom. The largest absolute Gasteiger partial charge is 0.361 e. The summed E-state index contributed by atoms with van der Waals surface area (Å²) in [5.41, 5.74) is 0.779. The summed E-state index contributed by atoms with van der Waals surface area (Å²) in [7, 11) is 0. The van der Waals surface area contributed by atoms with Gasteiger partial charge in [0.2, 0.25) is 0 Å². The lowest BCUT2D eigenvalue weighted by atomic mass is 10.2. The number of hydrogen-bond donors (Lipinski definition) is 0. The topological polar surface area (TPSA) is 9.23 Å². The summed E-state index contributed by atoms with van der Waals surface area (Å²) in [6, 6.07) is 5.46. The van der Waals surface area contributed by atoms with Gasteiger partial charge in [0, 0.05) is 15.6 Å². The van der Waals surface area contributed by atoms with Crippen molar-refractivity contribution in [3.63, 3.8) is 0 Å². The van der Waals surface area contributed by atoms with E-state index in [1.807, 2.05) is 0 Å². The highest BCUT2D eigenvalue weighted by atomic mass is 35.5. The number of hydrogen-bond acceptors (Lipinski definition) is 1. The molecule has 0 atom stereocenters. The van der Waals surface area contributed by atoms with Gasteiger partial charge in [0.05, 0.1) is 6.61 Å². The third-order valence-corrected chi connectivity index (χ3v) is 2.25. The van der Waals surface area contributed by atoms with Crippen LogP contribution in [0.25, 0.3) is 0 Å². The van der Waals surface area contributed by atoms with Crippen LogP contribution in [0.4, 0.5) is 0 Å². The van der Waals surface area contributed by atoms with Gasteiger partial charge in [0.15, 0.2) is 0 Å². The lowest BCUT2D eigenvalue weighted by Gasteiger charge is -2.05. The van der Waals surface area contributed by atoms with Crippen molar-refractivity contribution >= 4 is 34.8 Å². The minimum Gasteiger partial charge on any atom is -0.361 e. The van der Waals surface area contributed by atoms with Gasteiger partial charge >= 0.3 is 0 Å². The summed E-state index contributed by atoms with van der Waals surface area (Å²) in [6.45, 7) is 0.349. The first-order valence-corrected chi connectivity index (χ1v) is 4.61. The SMILES string of the molecule is ClCOCc1c(Cl)cccc1Cl. The lowest BCUT2D eigenvalue weighted by Crippen LogP contribution is -1.92. The average molecular weight is 226 g/mol. The molecule has 0 unspecified atom stereocenters. The van der Waals surface area contributed by atoms with E-state index in [0.717, 1.165) is 5.56 Å². The lowest BCUT2D eigenvalue weighted by molar-refractivity contribution is 0.165. The number of ether oxygens (including phenoxy) is 1. The van der Waals surface area contributed by atoms with Crippen LogP contribution in [-0.4, -0.2) is 6.07 Å².